The van der Waals surface area contributed by atoms with E-state index in [0.717, 1.165) is 22.8 Å². The highest BCUT2D eigenvalue weighted by Crippen LogP contribution is 2.21. The van der Waals surface area contributed by atoms with Crippen molar-refractivity contribution in [1.82, 2.24) is 9.97 Å². The minimum atomic E-state index is 0.275. The van der Waals surface area contributed by atoms with Gasteiger partial charge in [0, 0.05) is 11.3 Å². The number of nitrogens with one attached hydrogen (secondary N) is 1. The molecule has 0 aromatic carbocycles. The molecule has 0 bridgehead atoms. The first kappa shape index (κ1) is 26.5. The molecule has 0 saturated heterocycles. The number of anilines is 1. The molecule has 1 N–H and O–H groups in total. The Morgan fingerprint density at radius 3 is 2.26 bits per heavy atom. The maximum Gasteiger partial charge on any atom is 0.141 e. The molecular formula is C24H37N3. The summed E-state index contributed by atoms with van der Waals surface area (Å²) in [7, 11) is 0. The lowest BCUT2D eigenvalue weighted by atomic mass is 10.1. The Kier molecular flexibility index (Phi) is 17.8. The summed E-state index contributed by atoms with van der Waals surface area (Å²) in [5.74, 6) is 1.03. The Labute approximate surface area is 167 Å². The van der Waals surface area contributed by atoms with Crippen molar-refractivity contribution in [1.29, 1.82) is 0 Å². The van der Waals surface area contributed by atoms with Crippen molar-refractivity contribution in [3.8, 4) is 0 Å². The van der Waals surface area contributed by atoms with Crippen LogP contribution in [0.3, 0.4) is 0 Å². The van der Waals surface area contributed by atoms with Crippen molar-refractivity contribution >= 4 is 18.0 Å². The van der Waals surface area contributed by atoms with Crippen molar-refractivity contribution in [2.24, 2.45) is 5.92 Å². The standard InChI is InChI=1S/C20H25N3.2C2H6/c1-6-10-11-12-17(8-3)23-20-18(14-13-16(5)7-2)19(9-4)21-15-22-20;2*1-2/h6-16H,2,4H2,1,3,5H3,(H,21,22,23);2*1-2H3/b10-6-,12-11-,14-13-,17-8+;;. The molecule has 1 unspecified atom stereocenters. The van der Waals surface area contributed by atoms with Gasteiger partial charge in [0.15, 0.2) is 0 Å². The maximum absolute atomic E-state index is 4.37. The van der Waals surface area contributed by atoms with E-state index >= 15 is 0 Å². The molecule has 148 valence electrons. The van der Waals surface area contributed by atoms with Gasteiger partial charge in [-0.05, 0) is 31.9 Å². The Morgan fingerprint density at radius 1 is 1.07 bits per heavy atom. The van der Waals surface area contributed by atoms with Gasteiger partial charge in [0.05, 0.1) is 5.69 Å². The van der Waals surface area contributed by atoms with Crippen LogP contribution in [0, 0.1) is 5.92 Å². The smallest absolute Gasteiger partial charge is 0.141 e. The highest BCUT2D eigenvalue weighted by Gasteiger charge is 2.07. The largest absolute Gasteiger partial charge is 0.340 e. The fourth-order valence-corrected chi connectivity index (χ4v) is 1.78. The Morgan fingerprint density at radius 2 is 1.74 bits per heavy atom. The number of rotatable bonds is 8. The molecule has 0 radical (unpaired) electrons. The van der Waals surface area contributed by atoms with Crippen LogP contribution in [0.4, 0.5) is 5.82 Å². The van der Waals surface area contributed by atoms with Crippen LogP contribution in [-0.4, -0.2) is 9.97 Å². The van der Waals surface area contributed by atoms with E-state index in [9.17, 15) is 0 Å². The predicted octanol–water partition coefficient (Wildman–Crippen LogP) is 7.46. The van der Waals surface area contributed by atoms with Gasteiger partial charge < -0.3 is 5.32 Å². The van der Waals surface area contributed by atoms with E-state index in [0.29, 0.717) is 0 Å². The van der Waals surface area contributed by atoms with Crippen LogP contribution in [0.5, 0.6) is 0 Å². The lowest BCUT2D eigenvalue weighted by Gasteiger charge is -2.11. The summed E-state index contributed by atoms with van der Waals surface area (Å²) < 4.78 is 0. The van der Waals surface area contributed by atoms with Crippen LogP contribution >= 0.6 is 0 Å². The SMILES string of the molecule is C=Cc1ncnc(NC(/C=C\C=C/C)=C/C)c1/C=C\C(C)C=C.CC.CC. The van der Waals surface area contributed by atoms with Crippen LogP contribution in [0.2, 0.25) is 0 Å². The zero-order valence-corrected chi connectivity index (χ0v) is 18.2. The number of nitrogens with zero attached hydrogens (tertiary/aromatic N) is 2. The minimum absolute atomic E-state index is 0.275. The number of aromatic nitrogens is 2. The van der Waals surface area contributed by atoms with Gasteiger partial charge in [-0.1, -0.05) is 83.7 Å². The van der Waals surface area contributed by atoms with Crippen LogP contribution < -0.4 is 5.32 Å². The van der Waals surface area contributed by atoms with E-state index in [4.69, 9.17) is 0 Å². The van der Waals surface area contributed by atoms with E-state index < -0.39 is 0 Å². The molecule has 27 heavy (non-hydrogen) atoms. The first-order valence-electron chi connectivity index (χ1n) is 9.67. The van der Waals surface area contributed by atoms with Gasteiger partial charge in [-0.2, -0.15) is 0 Å². The average Bonchev–Trinajstić information content (AvgIpc) is 2.74. The Hall–Kier alpha value is -2.68. The molecule has 3 heteroatoms. The van der Waals surface area contributed by atoms with Gasteiger partial charge in [-0.25, -0.2) is 9.97 Å². The van der Waals surface area contributed by atoms with E-state index in [1.807, 2.05) is 84.1 Å². The predicted molar refractivity (Wildman–Crippen MR) is 125 cm³/mol. The quantitative estimate of drug-likeness (QED) is 0.383. The number of hydrogen-bond donors (Lipinski definition) is 1. The second-order valence-electron chi connectivity index (χ2n) is 4.93. The van der Waals surface area contributed by atoms with Gasteiger partial charge in [0.1, 0.15) is 12.1 Å². The van der Waals surface area contributed by atoms with Crippen molar-refractivity contribution in [2.75, 3.05) is 5.32 Å². The van der Waals surface area contributed by atoms with Crippen molar-refractivity contribution in [3.05, 3.63) is 79.0 Å². The van der Waals surface area contributed by atoms with Gasteiger partial charge >= 0.3 is 0 Å². The molecule has 1 aromatic heterocycles. The van der Waals surface area contributed by atoms with Crippen molar-refractivity contribution in [2.45, 2.75) is 48.5 Å². The van der Waals surface area contributed by atoms with Crippen LogP contribution in [0.15, 0.2) is 67.7 Å². The molecule has 0 spiro atoms. The highest BCUT2D eigenvalue weighted by molar-refractivity contribution is 5.72. The molecule has 0 saturated carbocycles. The van der Waals surface area contributed by atoms with E-state index in [1.165, 1.54) is 6.33 Å². The lowest BCUT2D eigenvalue weighted by molar-refractivity contribution is 0.949. The second kappa shape index (κ2) is 18.1. The molecule has 0 amide bonds. The third kappa shape index (κ3) is 10.8. The first-order chi connectivity index (χ1) is 13.2. The number of allylic oxidation sites excluding steroid dienone is 7. The van der Waals surface area contributed by atoms with Crippen LogP contribution in [-0.2, 0) is 0 Å². The Bertz CT molecular complexity index is 650. The Balaban J connectivity index is 0. The topological polar surface area (TPSA) is 37.8 Å². The van der Waals surface area contributed by atoms with Gasteiger partial charge in [-0.3, -0.25) is 0 Å². The molecular weight excluding hydrogens is 330 g/mol. The summed E-state index contributed by atoms with van der Waals surface area (Å²) in [6.45, 7) is 21.7. The van der Waals surface area contributed by atoms with Crippen LogP contribution in [0.25, 0.3) is 12.2 Å². The van der Waals surface area contributed by atoms with Gasteiger partial charge in [-0.15, -0.1) is 6.58 Å². The lowest BCUT2D eigenvalue weighted by Crippen LogP contribution is -2.04. The zero-order chi connectivity index (χ0) is 21.1. The normalized spacial score (nSPS) is 12.2. The number of hydrogen-bond acceptors (Lipinski definition) is 3. The third-order valence-corrected chi connectivity index (χ3v) is 3.20. The summed E-state index contributed by atoms with van der Waals surface area (Å²) in [4.78, 5) is 8.64. The molecule has 0 aliphatic carbocycles. The molecule has 1 atom stereocenters. The van der Waals surface area contributed by atoms with Crippen molar-refractivity contribution < 1.29 is 0 Å². The first-order valence-corrected chi connectivity index (χ1v) is 9.67. The summed E-state index contributed by atoms with van der Waals surface area (Å²) in [5, 5.41) is 3.34. The average molecular weight is 368 g/mol. The molecule has 1 aromatic rings. The van der Waals surface area contributed by atoms with E-state index in [-0.39, 0.29) is 5.92 Å². The third-order valence-electron chi connectivity index (χ3n) is 3.20. The summed E-state index contributed by atoms with van der Waals surface area (Å²) in [6.07, 6.45) is 19.2. The van der Waals surface area contributed by atoms with E-state index in [1.54, 1.807) is 6.08 Å². The van der Waals surface area contributed by atoms with Crippen LogP contribution in [0.1, 0.15) is 59.7 Å². The zero-order valence-electron chi connectivity index (χ0n) is 18.2. The monoisotopic (exact) mass is 367 g/mol. The summed E-state index contributed by atoms with van der Waals surface area (Å²) in [5.41, 5.74) is 2.67. The van der Waals surface area contributed by atoms with Gasteiger partial charge in [0.25, 0.3) is 0 Å². The fourth-order valence-electron chi connectivity index (χ4n) is 1.78. The fraction of sp³-hybridized carbons (Fsp3) is 0.333. The minimum Gasteiger partial charge on any atom is -0.340 e. The van der Waals surface area contributed by atoms with Gasteiger partial charge in [0.2, 0.25) is 0 Å². The van der Waals surface area contributed by atoms with Crippen molar-refractivity contribution in [3.63, 3.8) is 0 Å². The molecule has 0 aliphatic heterocycles. The highest BCUT2D eigenvalue weighted by atomic mass is 15.0. The van der Waals surface area contributed by atoms with E-state index in [2.05, 4.69) is 41.4 Å². The summed E-state index contributed by atoms with van der Waals surface area (Å²) >= 11 is 0. The second-order valence-corrected chi connectivity index (χ2v) is 4.93. The maximum atomic E-state index is 4.37. The molecule has 0 aliphatic rings. The molecule has 1 heterocycles. The summed E-state index contributed by atoms with van der Waals surface area (Å²) in [6, 6.07) is 0. The molecule has 0 fully saturated rings. The molecule has 3 nitrogen and oxygen atoms in total. The molecule has 1 rings (SSSR count).